The first-order valence-electron chi connectivity index (χ1n) is 7.09. The van der Waals surface area contributed by atoms with Gasteiger partial charge in [0.2, 0.25) is 5.82 Å². The lowest BCUT2D eigenvalue weighted by molar-refractivity contribution is 0.380. The standard InChI is InChI=1S/C17H15F5N2/c1-6-7(2)9(4)16(10(5)8(6)3)23-24-17-14(21)12(19)11(18)13(20)15(17)22/h1-5H3. The number of nitrogens with zero attached hydrogens (tertiary/aromatic N) is 2. The molecule has 0 heterocycles. The van der Waals surface area contributed by atoms with Crippen LogP contribution in [-0.4, -0.2) is 0 Å². The van der Waals surface area contributed by atoms with E-state index in [-0.39, 0.29) is 0 Å². The molecule has 0 amide bonds. The summed E-state index contributed by atoms with van der Waals surface area (Å²) < 4.78 is 66.8. The van der Waals surface area contributed by atoms with Crippen molar-refractivity contribution in [1.82, 2.24) is 0 Å². The van der Waals surface area contributed by atoms with E-state index in [0.29, 0.717) is 5.69 Å². The third kappa shape index (κ3) is 2.68. The van der Waals surface area contributed by atoms with Gasteiger partial charge >= 0.3 is 0 Å². The lowest BCUT2D eigenvalue weighted by atomic mass is 9.93. The molecule has 0 aliphatic rings. The van der Waals surface area contributed by atoms with Gasteiger partial charge in [0.1, 0.15) is 0 Å². The predicted molar refractivity (Wildman–Crippen MR) is 80.5 cm³/mol. The van der Waals surface area contributed by atoms with Crippen LogP contribution < -0.4 is 0 Å². The molecule has 0 saturated heterocycles. The van der Waals surface area contributed by atoms with Crippen molar-refractivity contribution in [2.24, 2.45) is 10.2 Å². The van der Waals surface area contributed by atoms with Gasteiger partial charge in [0, 0.05) is 0 Å². The summed E-state index contributed by atoms with van der Waals surface area (Å²) in [6, 6.07) is 0. The van der Waals surface area contributed by atoms with E-state index in [0.717, 1.165) is 27.8 Å². The van der Waals surface area contributed by atoms with E-state index in [9.17, 15) is 22.0 Å². The molecule has 0 aliphatic heterocycles. The summed E-state index contributed by atoms with van der Waals surface area (Å²) in [6.07, 6.45) is 0. The normalized spacial score (nSPS) is 11.6. The van der Waals surface area contributed by atoms with Crippen molar-refractivity contribution in [2.45, 2.75) is 34.6 Å². The SMILES string of the molecule is Cc1c(C)c(C)c(N=Nc2c(F)c(F)c(F)c(F)c2F)c(C)c1C. The van der Waals surface area contributed by atoms with Crippen LogP contribution in [0, 0.1) is 63.7 Å². The smallest absolute Gasteiger partial charge is 0.200 e. The summed E-state index contributed by atoms with van der Waals surface area (Å²) in [7, 11) is 0. The molecule has 0 spiro atoms. The van der Waals surface area contributed by atoms with Gasteiger partial charge in [0.15, 0.2) is 29.0 Å². The Labute approximate surface area is 136 Å². The number of azo groups is 1. The summed E-state index contributed by atoms with van der Waals surface area (Å²) in [5.74, 6) is -10.3. The fourth-order valence-electron chi connectivity index (χ4n) is 2.41. The zero-order chi connectivity index (χ0) is 18.3. The first kappa shape index (κ1) is 18.0. The van der Waals surface area contributed by atoms with Crippen molar-refractivity contribution in [1.29, 1.82) is 0 Å². The first-order chi connectivity index (χ1) is 11.1. The van der Waals surface area contributed by atoms with Gasteiger partial charge in [-0.3, -0.25) is 0 Å². The number of hydrogen-bond acceptors (Lipinski definition) is 2. The van der Waals surface area contributed by atoms with E-state index in [1.54, 1.807) is 13.8 Å². The minimum Gasteiger partial charge on any atom is -0.201 e. The summed E-state index contributed by atoms with van der Waals surface area (Å²) in [5, 5.41) is 7.06. The lowest BCUT2D eigenvalue weighted by Gasteiger charge is -2.15. The highest BCUT2D eigenvalue weighted by molar-refractivity contribution is 5.61. The molecule has 0 fully saturated rings. The maximum absolute atomic E-state index is 13.7. The maximum Gasteiger partial charge on any atom is 0.200 e. The molecule has 0 aliphatic carbocycles. The zero-order valence-electron chi connectivity index (χ0n) is 13.8. The Kier molecular flexibility index (Phi) is 4.73. The molecule has 128 valence electrons. The van der Waals surface area contributed by atoms with Gasteiger partial charge in [-0.1, -0.05) is 0 Å². The molecule has 24 heavy (non-hydrogen) atoms. The number of benzene rings is 2. The topological polar surface area (TPSA) is 24.7 Å². The second-order valence-corrected chi connectivity index (χ2v) is 5.59. The van der Waals surface area contributed by atoms with Crippen LogP contribution in [0.1, 0.15) is 27.8 Å². The van der Waals surface area contributed by atoms with Crippen LogP contribution in [0.25, 0.3) is 0 Å². The fourth-order valence-corrected chi connectivity index (χ4v) is 2.41. The molecule has 0 atom stereocenters. The van der Waals surface area contributed by atoms with E-state index in [1.165, 1.54) is 0 Å². The van der Waals surface area contributed by atoms with Gasteiger partial charge in [-0.25, -0.2) is 22.0 Å². The highest BCUT2D eigenvalue weighted by Gasteiger charge is 2.26. The van der Waals surface area contributed by atoms with Gasteiger partial charge in [-0.2, -0.15) is 0 Å². The second-order valence-electron chi connectivity index (χ2n) is 5.59. The van der Waals surface area contributed by atoms with Crippen LogP contribution in [0.5, 0.6) is 0 Å². The lowest BCUT2D eigenvalue weighted by Crippen LogP contribution is -2.00. The number of rotatable bonds is 2. The van der Waals surface area contributed by atoms with Crippen molar-refractivity contribution in [3.8, 4) is 0 Å². The summed E-state index contributed by atoms with van der Waals surface area (Å²) in [6.45, 7) is 9.14. The predicted octanol–water partition coefficient (Wildman–Crippen LogP) is 6.34. The van der Waals surface area contributed by atoms with Crippen molar-refractivity contribution in [3.05, 3.63) is 56.9 Å². The summed E-state index contributed by atoms with van der Waals surface area (Å²) in [5.41, 5.74) is 3.38. The van der Waals surface area contributed by atoms with E-state index in [1.807, 2.05) is 20.8 Å². The quantitative estimate of drug-likeness (QED) is 0.263. The largest absolute Gasteiger partial charge is 0.201 e. The molecule has 0 aromatic heterocycles. The Morgan fingerprint density at radius 1 is 0.417 bits per heavy atom. The molecule has 0 N–H and O–H groups in total. The molecular weight excluding hydrogens is 327 g/mol. The van der Waals surface area contributed by atoms with Crippen molar-refractivity contribution in [2.75, 3.05) is 0 Å². The zero-order valence-corrected chi connectivity index (χ0v) is 13.8. The first-order valence-corrected chi connectivity index (χ1v) is 7.09. The van der Waals surface area contributed by atoms with E-state index in [4.69, 9.17) is 0 Å². The van der Waals surface area contributed by atoms with Crippen LogP contribution in [0.3, 0.4) is 0 Å². The minimum absolute atomic E-state index is 0.347. The molecule has 2 rings (SSSR count). The average molecular weight is 342 g/mol. The Bertz CT molecular complexity index is 743. The van der Waals surface area contributed by atoms with Gasteiger partial charge in [-0.15, -0.1) is 10.2 Å². The average Bonchev–Trinajstić information content (AvgIpc) is 2.57. The van der Waals surface area contributed by atoms with Gasteiger partial charge in [-0.05, 0) is 62.4 Å². The Hall–Kier alpha value is -2.31. The van der Waals surface area contributed by atoms with E-state index >= 15 is 0 Å². The van der Waals surface area contributed by atoms with Crippen molar-refractivity contribution in [3.63, 3.8) is 0 Å². The molecule has 0 radical (unpaired) electrons. The number of hydrogen-bond donors (Lipinski definition) is 0. The maximum atomic E-state index is 13.7. The molecule has 2 aromatic carbocycles. The summed E-state index contributed by atoms with van der Waals surface area (Å²) >= 11 is 0. The van der Waals surface area contributed by atoms with Crippen molar-refractivity contribution >= 4 is 11.4 Å². The molecule has 0 unspecified atom stereocenters. The highest BCUT2D eigenvalue weighted by atomic mass is 19.2. The highest BCUT2D eigenvalue weighted by Crippen LogP contribution is 2.35. The van der Waals surface area contributed by atoms with E-state index in [2.05, 4.69) is 10.2 Å². The Morgan fingerprint density at radius 3 is 1.12 bits per heavy atom. The number of halogens is 5. The molecule has 2 aromatic rings. The molecule has 2 nitrogen and oxygen atoms in total. The van der Waals surface area contributed by atoms with Crippen LogP contribution in [0.4, 0.5) is 33.3 Å². The molecule has 7 heteroatoms. The van der Waals surface area contributed by atoms with Crippen LogP contribution in [0.2, 0.25) is 0 Å². The van der Waals surface area contributed by atoms with Crippen LogP contribution in [-0.2, 0) is 0 Å². The molecule has 0 saturated carbocycles. The van der Waals surface area contributed by atoms with Gasteiger partial charge in [0.05, 0.1) is 5.69 Å². The molecular formula is C17H15F5N2. The van der Waals surface area contributed by atoms with E-state index < -0.39 is 34.8 Å². The minimum atomic E-state index is -2.22. The third-order valence-electron chi connectivity index (χ3n) is 4.40. The summed E-state index contributed by atoms with van der Waals surface area (Å²) in [4.78, 5) is 0. The Balaban J connectivity index is 2.67. The second kappa shape index (κ2) is 6.30. The van der Waals surface area contributed by atoms with Crippen LogP contribution in [0.15, 0.2) is 10.2 Å². The Morgan fingerprint density at radius 2 is 0.708 bits per heavy atom. The van der Waals surface area contributed by atoms with Crippen LogP contribution >= 0.6 is 0 Å². The third-order valence-corrected chi connectivity index (χ3v) is 4.40. The fraction of sp³-hybridized carbons (Fsp3) is 0.294. The molecule has 0 bridgehead atoms. The van der Waals surface area contributed by atoms with Gasteiger partial charge < -0.3 is 0 Å². The monoisotopic (exact) mass is 342 g/mol. The van der Waals surface area contributed by atoms with Crippen molar-refractivity contribution < 1.29 is 22.0 Å². The van der Waals surface area contributed by atoms with Gasteiger partial charge in [0.25, 0.3) is 0 Å².